The fourth-order valence-electron chi connectivity index (χ4n) is 1.83. The van der Waals surface area contributed by atoms with Crippen LogP contribution in [0.5, 0.6) is 0 Å². The molecular weight excluding hydrogens is 176 g/mol. The molecule has 0 radical (unpaired) electrons. The van der Waals surface area contributed by atoms with Gasteiger partial charge >= 0.3 is 0 Å². The van der Waals surface area contributed by atoms with E-state index < -0.39 is 0 Å². The molecule has 0 saturated carbocycles. The monoisotopic (exact) mass is 196 g/mol. The molecule has 1 heterocycles. The van der Waals surface area contributed by atoms with Crippen molar-refractivity contribution in [2.75, 3.05) is 19.7 Å². The van der Waals surface area contributed by atoms with E-state index in [0.717, 1.165) is 32.5 Å². The van der Waals surface area contributed by atoms with E-state index in [1.807, 2.05) is 0 Å². The van der Waals surface area contributed by atoms with Crippen LogP contribution in [-0.4, -0.2) is 36.7 Å². The lowest BCUT2D eigenvalue weighted by atomic mass is 10.2. The lowest BCUT2D eigenvalue weighted by Gasteiger charge is -2.27. The number of rotatable bonds is 3. The highest BCUT2D eigenvalue weighted by atomic mass is 16.5. The maximum atomic E-state index is 8.65. The van der Waals surface area contributed by atoms with Crippen molar-refractivity contribution in [1.82, 2.24) is 4.90 Å². The summed E-state index contributed by atoms with van der Waals surface area (Å²) in [4.78, 5) is 2.38. The molecule has 0 N–H and O–H groups in total. The average Bonchev–Trinajstić information content (AvgIpc) is 2.43. The second-order valence-corrected chi connectivity index (χ2v) is 3.96. The average molecular weight is 196 g/mol. The molecule has 0 amide bonds. The van der Waals surface area contributed by atoms with Crippen LogP contribution in [0, 0.1) is 11.3 Å². The van der Waals surface area contributed by atoms with Crippen molar-refractivity contribution in [3.8, 4) is 6.07 Å². The molecule has 1 rings (SSSR count). The van der Waals surface area contributed by atoms with Crippen LogP contribution in [0.3, 0.4) is 0 Å². The van der Waals surface area contributed by atoms with Crippen molar-refractivity contribution in [3.05, 3.63) is 0 Å². The van der Waals surface area contributed by atoms with E-state index in [-0.39, 0.29) is 0 Å². The normalized spacial score (nSPS) is 26.5. The van der Waals surface area contributed by atoms with Gasteiger partial charge in [-0.3, -0.25) is 4.90 Å². The minimum atomic E-state index is 0.360. The summed E-state index contributed by atoms with van der Waals surface area (Å²) in [7, 11) is 0. The zero-order valence-electron chi connectivity index (χ0n) is 9.20. The Morgan fingerprint density at radius 1 is 1.64 bits per heavy atom. The fraction of sp³-hybridized carbons (Fsp3) is 0.909. The zero-order valence-corrected chi connectivity index (χ0v) is 9.20. The summed E-state index contributed by atoms with van der Waals surface area (Å²) < 4.78 is 5.69. The van der Waals surface area contributed by atoms with Crippen LogP contribution in [0.2, 0.25) is 0 Å². The molecule has 14 heavy (non-hydrogen) atoms. The summed E-state index contributed by atoms with van der Waals surface area (Å²) in [6, 6.07) is 2.61. The second kappa shape index (κ2) is 6.00. The number of ether oxygens (including phenoxy) is 1. The highest BCUT2D eigenvalue weighted by molar-refractivity contribution is 4.82. The molecule has 0 spiro atoms. The number of hydrogen-bond acceptors (Lipinski definition) is 3. The maximum absolute atomic E-state index is 8.65. The SMILES string of the molecule is CCC1CN(C(C)CC#N)CCCO1. The van der Waals surface area contributed by atoms with E-state index in [1.54, 1.807) is 0 Å². The fourth-order valence-corrected chi connectivity index (χ4v) is 1.83. The van der Waals surface area contributed by atoms with Crippen molar-refractivity contribution < 1.29 is 4.74 Å². The second-order valence-electron chi connectivity index (χ2n) is 3.96. The van der Waals surface area contributed by atoms with Gasteiger partial charge in [-0.05, 0) is 19.8 Å². The van der Waals surface area contributed by atoms with Gasteiger partial charge in [0.25, 0.3) is 0 Å². The van der Waals surface area contributed by atoms with Crippen LogP contribution in [0.15, 0.2) is 0 Å². The van der Waals surface area contributed by atoms with Gasteiger partial charge in [-0.1, -0.05) is 6.92 Å². The third kappa shape index (κ3) is 3.28. The third-order valence-corrected chi connectivity index (χ3v) is 2.85. The first kappa shape index (κ1) is 11.5. The van der Waals surface area contributed by atoms with Gasteiger partial charge in [0.2, 0.25) is 0 Å². The van der Waals surface area contributed by atoms with Crippen LogP contribution in [0.1, 0.15) is 33.1 Å². The molecular formula is C11H20N2O. The summed E-state index contributed by atoms with van der Waals surface area (Å²) in [5.74, 6) is 0. The first-order valence-corrected chi connectivity index (χ1v) is 5.50. The molecule has 1 aliphatic heterocycles. The van der Waals surface area contributed by atoms with Gasteiger partial charge < -0.3 is 4.74 Å². The van der Waals surface area contributed by atoms with Gasteiger partial charge in [0.05, 0.1) is 18.6 Å². The highest BCUT2D eigenvalue weighted by Gasteiger charge is 2.20. The molecule has 0 aliphatic carbocycles. The van der Waals surface area contributed by atoms with E-state index in [4.69, 9.17) is 10.00 Å². The first-order valence-electron chi connectivity index (χ1n) is 5.50. The van der Waals surface area contributed by atoms with Crippen LogP contribution in [0.25, 0.3) is 0 Å². The van der Waals surface area contributed by atoms with Crippen molar-refractivity contribution in [1.29, 1.82) is 5.26 Å². The van der Waals surface area contributed by atoms with E-state index in [1.165, 1.54) is 0 Å². The third-order valence-electron chi connectivity index (χ3n) is 2.85. The molecule has 0 bridgehead atoms. The minimum absolute atomic E-state index is 0.360. The summed E-state index contributed by atoms with van der Waals surface area (Å²) in [6.45, 7) is 7.21. The van der Waals surface area contributed by atoms with Crippen molar-refractivity contribution in [2.45, 2.75) is 45.3 Å². The Hall–Kier alpha value is -0.590. The van der Waals surface area contributed by atoms with E-state index in [2.05, 4.69) is 24.8 Å². The molecule has 2 atom stereocenters. The molecule has 1 saturated heterocycles. The quantitative estimate of drug-likeness (QED) is 0.690. The van der Waals surface area contributed by atoms with E-state index in [0.29, 0.717) is 18.6 Å². The molecule has 2 unspecified atom stereocenters. The van der Waals surface area contributed by atoms with Gasteiger partial charge in [0, 0.05) is 25.7 Å². The van der Waals surface area contributed by atoms with Gasteiger partial charge in [-0.25, -0.2) is 0 Å². The zero-order chi connectivity index (χ0) is 10.4. The topological polar surface area (TPSA) is 36.3 Å². The Morgan fingerprint density at radius 2 is 2.43 bits per heavy atom. The van der Waals surface area contributed by atoms with Crippen LogP contribution < -0.4 is 0 Å². The molecule has 3 heteroatoms. The number of nitrogens with zero attached hydrogens (tertiary/aromatic N) is 2. The Bertz CT molecular complexity index is 200. The summed E-state index contributed by atoms with van der Waals surface area (Å²) >= 11 is 0. The first-order chi connectivity index (χ1) is 6.77. The molecule has 1 aliphatic rings. The maximum Gasteiger partial charge on any atom is 0.0699 e. The Balaban J connectivity index is 2.46. The Labute approximate surface area is 86.6 Å². The number of nitriles is 1. The standard InChI is InChI=1S/C11H20N2O/c1-3-11-9-13(7-4-8-14-11)10(2)5-6-12/h10-11H,3-5,7-9H2,1-2H3. The molecule has 0 aromatic carbocycles. The molecule has 0 aromatic rings. The number of hydrogen-bond donors (Lipinski definition) is 0. The summed E-state index contributed by atoms with van der Waals surface area (Å²) in [5.41, 5.74) is 0. The van der Waals surface area contributed by atoms with Gasteiger partial charge in [-0.2, -0.15) is 5.26 Å². The van der Waals surface area contributed by atoms with E-state index in [9.17, 15) is 0 Å². The van der Waals surface area contributed by atoms with Crippen molar-refractivity contribution in [3.63, 3.8) is 0 Å². The lowest BCUT2D eigenvalue weighted by molar-refractivity contribution is 0.0469. The summed E-state index contributed by atoms with van der Waals surface area (Å²) in [5, 5.41) is 8.65. The predicted molar refractivity (Wildman–Crippen MR) is 55.9 cm³/mol. The largest absolute Gasteiger partial charge is 0.377 e. The van der Waals surface area contributed by atoms with Crippen molar-refractivity contribution >= 4 is 0 Å². The van der Waals surface area contributed by atoms with E-state index >= 15 is 0 Å². The summed E-state index contributed by atoms with van der Waals surface area (Å²) in [6.07, 6.45) is 3.14. The minimum Gasteiger partial charge on any atom is -0.377 e. The highest BCUT2D eigenvalue weighted by Crippen LogP contribution is 2.12. The van der Waals surface area contributed by atoms with Crippen LogP contribution in [0.4, 0.5) is 0 Å². The predicted octanol–water partition coefficient (Wildman–Crippen LogP) is 1.79. The lowest BCUT2D eigenvalue weighted by Crippen LogP contribution is -2.38. The van der Waals surface area contributed by atoms with Gasteiger partial charge in [0.15, 0.2) is 0 Å². The molecule has 0 aromatic heterocycles. The van der Waals surface area contributed by atoms with Crippen molar-refractivity contribution in [2.24, 2.45) is 0 Å². The van der Waals surface area contributed by atoms with Gasteiger partial charge in [-0.15, -0.1) is 0 Å². The molecule has 80 valence electrons. The molecule has 1 fully saturated rings. The molecule has 3 nitrogen and oxygen atoms in total. The Kier molecular flexibility index (Phi) is 4.92. The van der Waals surface area contributed by atoms with Crippen LogP contribution >= 0.6 is 0 Å². The smallest absolute Gasteiger partial charge is 0.0699 e. The van der Waals surface area contributed by atoms with Gasteiger partial charge in [0.1, 0.15) is 0 Å². The van der Waals surface area contributed by atoms with Crippen LogP contribution in [-0.2, 0) is 4.74 Å². The Morgan fingerprint density at radius 3 is 3.07 bits per heavy atom.